The molecule has 2 heterocycles. The highest BCUT2D eigenvalue weighted by atomic mass is 19.1. The number of carbonyl (C=O) groups is 2. The largest absolute Gasteiger partial charge is 0.351 e. The molecule has 0 saturated carbocycles. The van der Waals surface area contributed by atoms with E-state index in [1.165, 1.54) is 30.3 Å². The molecule has 3 aromatic carbocycles. The van der Waals surface area contributed by atoms with Crippen molar-refractivity contribution in [2.24, 2.45) is 0 Å². The Bertz CT molecular complexity index is 1370. The van der Waals surface area contributed by atoms with Gasteiger partial charge in [-0.1, -0.05) is 24.3 Å². The summed E-state index contributed by atoms with van der Waals surface area (Å²) >= 11 is 0. The van der Waals surface area contributed by atoms with Crippen LogP contribution in [-0.4, -0.2) is 21.6 Å². The lowest BCUT2D eigenvalue weighted by Crippen LogP contribution is -2.34. The Labute approximate surface area is 194 Å². The molecule has 6 nitrogen and oxygen atoms in total. The smallest absolute Gasteiger partial charge is 0.228 e. The number of nitrogens with one attached hydrogen (secondary N) is 2. The molecule has 0 saturated heterocycles. The molecule has 8 heteroatoms. The van der Waals surface area contributed by atoms with Crippen LogP contribution in [0.5, 0.6) is 0 Å². The Morgan fingerprint density at radius 1 is 1.03 bits per heavy atom. The van der Waals surface area contributed by atoms with E-state index in [9.17, 15) is 18.4 Å². The summed E-state index contributed by atoms with van der Waals surface area (Å²) in [6.45, 7) is 0.146. The molecule has 5 rings (SSSR count). The maximum atomic E-state index is 13.6. The van der Waals surface area contributed by atoms with Crippen LogP contribution in [0.3, 0.4) is 0 Å². The molecule has 34 heavy (non-hydrogen) atoms. The van der Waals surface area contributed by atoms with Crippen LogP contribution in [0.1, 0.15) is 23.5 Å². The van der Waals surface area contributed by atoms with Gasteiger partial charge in [-0.15, -0.1) is 0 Å². The molecule has 2 amide bonds. The molecule has 0 aliphatic carbocycles. The fraction of sp³-hybridized carbons (Fsp3) is 0.115. The first-order chi connectivity index (χ1) is 16.5. The van der Waals surface area contributed by atoms with Gasteiger partial charge in [0, 0.05) is 36.0 Å². The number of carbonyl (C=O) groups excluding carboxylic acids is 2. The summed E-state index contributed by atoms with van der Waals surface area (Å²) in [4.78, 5) is 25.2. The zero-order valence-electron chi connectivity index (χ0n) is 18.0. The summed E-state index contributed by atoms with van der Waals surface area (Å²) in [5.41, 5.74) is 3.75. The first-order valence-corrected chi connectivity index (χ1v) is 10.7. The van der Waals surface area contributed by atoms with E-state index in [4.69, 9.17) is 0 Å². The maximum absolute atomic E-state index is 13.6. The van der Waals surface area contributed by atoms with E-state index in [2.05, 4.69) is 15.7 Å². The highest BCUT2D eigenvalue weighted by Crippen LogP contribution is 2.33. The number of nitrogens with zero attached hydrogens (tertiary/aromatic N) is 2. The van der Waals surface area contributed by atoms with Crippen molar-refractivity contribution >= 4 is 17.5 Å². The van der Waals surface area contributed by atoms with Gasteiger partial charge < -0.3 is 10.6 Å². The SMILES string of the molecule is O=C1C[C@@H](C(=O)NCc2cn(-c3ccccc3)nc2-c2ccc(F)cc2)c2ccc(F)cc2N1. The number of hydrogen-bond acceptors (Lipinski definition) is 3. The zero-order chi connectivity index (χ0) is 23.7. The number of anilines is 1. The minimum Gasteiger partial charge on any atom is -0.351 e. The highest BCUT2D eigenvalue weighted by Gasteiger charge is 2.31. The second kappa shape index (κ2) is 8.90. The molecule has 1 aromatic heterocycles. The van der Waals surface area contributed by atoms with Crippen molar-refractivity contribution in [3.05, 3.63) is 102 Å². The Kier molecular flexibility index (Phi) is 5.63. The van der Waals surface area contributed by atoms with Gasteiger partial charge in [-0.25, -0.2) is 13.5 Å². The quantitative estimate of drug-likeness (QED) is 0.460. The van der Waals surface area contributed by atoms with Crippen LogP contribution in [0.15, 0.2) is 79.0 Å². The number of fused-ring (bicyclic) bond motifs is 1. The van der Waals surface area contributed by atoms with Crippen molar-refractivity contribution in [2.75, 3.05) is 5.32 Å². The van der Waals surface area contributed by atoms with Gasteiger partial charge in [-0.05, 0) is 54.1 Å². The predicted molar refractivity (Wildman–Crippen MR) is 123 cm³/mol. The molecule has 1 aliphatic rings. The van der Waals surface area contributed by atoms with Gasteiger partial charge in [0.1, 0.15) is 11.6 Å². The van der Waals surface area contributed by atoms with Crippen LogP contribution >= 0.6 is 0 Å². The second-order valence-electron chi connectivity index (χ2n) is 8.04. The third kappa shape index (κ3) is 4.30. The van der Waals surface area contributed by atoms with E-state index in [1.807, 2.05) is 36.5 Å². The van der Waals surface area contributed by atoms with Crippen molar-refractivity contribution in [1.29, 1.82) is 0 Å². The van der Waals surface area contributed by atoms with Gasteiger partial charge in [-0.2, -0.15) is 5.10 Å². The molecule has 0 fully saturated rings. The Hall–Kier alpha value is -4.33. The number of benzene rings is 3. The first kappa shape index (κ1) is 21.5. The molecule has 1 atom stereocenters. The Balaban J connectivity index is 1.43. The lowest BCUT2D eigenvalue weighted by molar-refractivity contribution is -0.126. The molecule has 0 unspecified atom stereocenters. The standard InChI is InChI=1S/C26H20F2N4O2/c27-18-8-6-16(7-9-18)25-17(15-32(31-25)20-4-2-1-3-5-20)14-29-26(34)22-13-24(33)30-23-12-19(28)10-11-21(22)23/h1-12,15,22H,13-14H2,(H,29,34)(H,30,33)/t22-/m1/s1. The molecule has 1 aliphatic heterocycles. The summed E-state index contributed by atoms with van der Waals surface area (Å²) in [5.74, 6) is -2.27. The monoisotopic (exact) mass is 458 g/mol. The zero-order valence-corrected chi connectivity index (χ0v) is 18.0. The van der Waals surface area contributed by atoms with Crippen LogP contribution in [0, 0.1) is 11.6 Å². The molecule has 0 bridgehead atoms. The molecule has 0 radical (unpaired) electrons. The highest BCUT2D eigenvalue weighted by molar-refractivity contribution is 6.01. The minimum absolute atomic E-state index is 0.0292. The Morgan fingerprint density at radius 2 is 1.76 bits per heavy atom. The van der Waals surface area contributed by atoms with Crippen molar-refractivity contribution in [1.82, 2.24) is 15.1 Å². The fourth-order valence-electron chi connectivity index (χ4n) is 4.08. The minimum atomic E-state index is -0.734. The number of halogens is 2. The normalized spacial score (nSPS) is 14.9. The summed E-state index contributed by atoms with van der Waals surface area (Å²) in [6.07, 6.45) is 1.78. The lowest BCUT2D eigenvalue weighted by atomic mass is 9.89. The molecular weight excluding hydrogens is 438 g/mol. The first-order valence-electron chi connectivity index (χ1n) is 10.7. The average molecular weight is 458 g/mol. The van der Waals surface area contributed by atoms with Gasteiger partial charge in [0.2, 0.25) is 11.8 Å². The maximum Gasteiger partial charge on any atom is 0.228 e. The van der Waals surface area contributed by atoms with Crippen LogP contribution in [0.25, 0.3) is 16.9 Å². The van der Waals surface area contributed by atoms with Crippen LogP contribution in [0.4, 0.5) is 14.5 Å². The summed E-state index contributed by atoms with van der Waals surface area (Å²) in [7, 11) is 0. The topological polar surface area (TPSA) is 76.0 Å². The molecule has 2 N–H and O–H groups in total. The molecule has 170 valence electrons. The number of para-hydroxylation sites is 1. The van der Waals surface area contributed by atoms with E-state index >= 15 is 0 Å². The molecular formula is C26H20F2N4O2. The van der Waals surface area contributed by atoms with E-state index in [0.29, 0.717) is 22.5 Å². The van der Waals surface area contributed by atoms with Crippen LogP contribution < -0.4 is 10.6 Å². The van der Waals surface area contributed by atoms with Crippen molar-refractivity contribution in [3.8, 4) is 16.9 Å². The van der Waals surface area contributed by atoms with Crippen LogP contribution in [0.2, 0.25) is 0 Å². The summed E-state index contributed by atoms with van der Waals surface area (Å²) < 4.78 is 28.8. The lowest BCUT2D eigenvalue weighted by Gasteiger charge is -2.24. The van der Waals surface area contributed by atoms with Crippen LogP contribution in [-0.2, 0) is 16.1 Å². The van der Waals surface area contributed by atoms with Gasteiger partial charge in [0.05, 0.1) is 17.3 Å². The third-order valence-electron chi connectivity index (χ3n) is 5.75. The number of amides is 2. The predicted octanol–water partition coefficient (Wildman–Crippen LogP) is 4.56. The van der Waals surface area contributed by atoms with E-state index in [-0.39, 0.29) is 30.6 Å². The van der Waals surface area contributed by atoms with E-state index in [1.54, 1.807) is 16.8 Å². The summed E-state index contributed by atoms with van der Waals surface area (Å²) in [5, 5.41) is 10.2. The number of rotatable bonds is 5. The summed E-state index contributed by atoms with van der Waals surface area (Å²) in [6, 6.07) is 19.5. The van der Waals surface area contributed by atoms with Crippen molar-refractivity contribution in [3.63, 3.8) is 0 Å². The number of aromatic nitrogens is 2. The van der Waals surface area contributed by atoms with Gasteiger partial charge >= 0.3 is 0 Å². The number of hydrogen-bond donors (Lipinski definition) is 2. The van der Waals surface area contributed by atoms with Gasteiger partial charge in [-0.3, -0.25) is 9.59 Å². The van der Waals surface area contributed by atoms with Crippen molar-refractivity contribution < 1.29 is 18.4 Å². The van der Waals surface area contributed by atoms with Crippen molar-refractivity contribution in [2.45, 2.75) is 18.9 Å². The van der Waals surface area contributed by atoms with E-state index < -0.39 is 11.7 Å². The van der Waals surface area contributed by atoms with Gasteiger partial charge in [0.25, 0.3) is 0 Å². The Morgan fingerprint density at radius 3 is 2.53 bits per heavy atom. The van der Waals surface area contributed by atoms with Gasteiger partial charge in [0.15, 0.2) is 0 Å². The second-order valence-corrected chi connectivity index (χ2v) is 8.04. The fourth-order valence-corrected chi connectivity index (χ4v) is 4.08. The average Bonchev–Trinajstić information content (AvgIpc) is 3.27. The molecule has 4 aromatic rings. The third-order valence-corrected chi connectivity index (χ3v) is 5.75. The van der Waals surface area contributed by atoms with E-state index in [0.717, 1.165) is 11.3 Å². The molecule has 0 spiro atoms.